The molecule has 3 N–H and O–H groups in total. The van der Waals surface area contributed by atoms with Crippen LogP contribution in [0.2, 0.25) is 0 Å². The second kappa shape index (κ2) is 5.45. The monoisotopic (exact) mass is 231 g/mol. The van der Waals surface area contributed by atoms with Gasteiger partial charge >= 0.3 is 11.9 Å². The highest BCUT2D eigenvalue weighted by atomic mass is 16.5. The topological polar surface area (TPSA) is 113 Å². The number of ether oxygens (including phenoxy) is 1. The lowest BCUT2D eigenvalue weighted by atomic mass is 10.1. The van der Waals surface area contributed by atoms with E-state index in [0.717, 1.165) is 0 Å². The Bertz CT molecular complexity index is 296. The number of carboxylic acid groups (broad SMARTS) is 2. The van der Waals surface area contributed by atoms with Gasteiger partial charge in [0.15, 0.2) is 0 Å². The Kier molecular flexibility index (Phi) is 4.24. The molecule has 0 unspecified atom stereocenters. The zero-order valence-electron chi connectivity index (χ0n) is 8.51. The first kappa shape index (κ1) is 12.4. The van der Waals surface area contributed by atoms with E-state index in [4.69, 9.17) is 14.9 Å². The van der Waals surface area contributed by atoms with Crippen LogP contribution in [0.5, 0.6) is 0 Å². The summed E-state index contributed by atoms with van der Waals surface area (Å²) in [7, 11) is 0. The molecule has 0 radical (unpaired) electrons. The second-order valence-electron chi connectivity index (χ2n) is 3.56. The number of carboxylic acids is 2. The van der Waals surface area contributed by atoms with Crippen molar-refractivity contribution in [1.82, 2.24) is 5.32 Å². The second-order valence-corrected chi connectivity index (χ2v) is 3.56. The minimum Gasteiger partial charge on any atom is -0.481 e. The summed E-state index contributed by atoms with van der Waals surface area (Å²) in [6.45, 7) is 0.722. The molecule has 0 spiro atoms. The van der Waals surface area contributed by atoms with E-state index in [-0.39, 0.29) is 12.5 Å². The summed E-state index contributed by atoms with van der Waals surface area (Å²) in [5.41, 5.74) is 0. The lowest BCUT2D eigenvalue weighted by molar-refractivity contribution is -0.147. The molecule has 0 aromatic carbocycles. The smallest absolute Gasteiger partial charge is 0.326 e. The number of aliphatic carboxylic acids is 2. The third-order valence-corrected chi connectivity index (χ3v) is 2.29. The van der Waals surface area contributed by atoms with E-state index in [1.54, 1.807) is 0 Å². The number of hydrogen-bond acceptors (Lipinski definition) is 4. The van der Waals surface area contributed by atoms with Crippen molar-refractivity contribution in [3.8, 4) is 0 Å². The van der Waals surface area contributed by atoms with Crippen LogP contribution in [0.25, 0.3) is 0 Å². The highest BCUT2D eigenvalue weighted by molar-refractivity contribution is 5.87. The van der Waals surface area contributed by atoms with Crippen LogP contribution >= 0.6 is 0 Å². The number of carbonyl (C=O) groups excluding carboxylic acids is 1. The van der Waals surface area contributed by atoms with Crippen molar-refractivity contribution < 1.29 is 29.3 Å². The van der Waals surface area contributed by atoms with Crippen molar-refractivity contribution >= 4 is 17.8 Å². The Labute approximate surface area is 91.4 Å². The highest BCUT2D eigenvalue weighted by Gasteiger charge is 2.29. The number of rotatable bonds is 5. The summed E-state index contributed by atoms with van der Waals surface area (Å²) in [5, 5.41) is 19.4. The molecule has 7 nitrogen and oxygen atoms in total. The van der Waals surface area contributed by atoms with Crippen LogP contribution in [0.3, 0.4) is 0 Å². The normalized spacial score (nSPS) is 21.4. The lowest BCUT2D eigenvalue weighted by Gasteiger charge is -2.14. The average molecular weight is 231 g/mol. The standard InChI is InChI=1S/C9H13NO6/c11-7(12)3-6(9(14)15)10-8(13)5-1-2-16-4-5/h5-6H,1-4H2,(H,10,13)(H,11,12)(H,14,15)/t5-,6-/m0/s1. The Balaban J connectivity index is 2.50. The average Bonchev–Trinajstić information content (AvgIpc) is 2.68. The molecule has 90 valence electrons. The van der Waals surface area contributed by atoms with Gasteiger partial charge in [-0.1, -0.05) is 0 Å². The maximum absolute atomic E-state index is 11.5. The van der Waals surface area contributed by atoms with E-state index in [1.807, 2.05) is 0 Å². The summed E-state index contributed by atoms with van der Waals surface area (Å²) in [5.74, 6) is -3.47. The summed E-state index contributed by atoms with van der Waals surface area (Å²) >= 11 is 0. The van der Waals surface area contributed by atoms with Gasteiger partial charge in [0.2, 0.25) is 5.91 Å². The number of carbonyl (C=O) groups is 3. The summed E-state index contributed by atoms with van der Waals surface area (Å²) in [6.07, 6.45) is -0.0973. The maximum Gasteiger partial charge on any atom is 0.326 e. The van der Waals surface area contributed by atoms with Crippen molar-refractivity contribution in [3.05, 3.63) is 0 Å². The van der Waals surface area contributed by atoms with Gasteiger partial charge in [-0.15, -0.1) is 0 Å². The number of hydrogen-bond donors (Lipinski definition) is 3. The Morgan fingerprint density at radius 1 is 1.38 bits per heavy atom. The molecule has 0 aliphatic carbocycles. The van der Waals surface area contributed by atoms with Crippen LogP contribution in [-0.2, 0) is 19.1 Å². The minimum atomic E-state index is -1.38. The predicted molar refractivity (Wildman–Crippen MR) is 50.7 cm³/mol. The Morgan fingerprint density at radius 3 is 2.50 bits per heavy atom. The van der Waals surface area contributed by atoms with Crippen LogP contribution in [0.4, 0.5) is 0 Å². The molecule has 2 atom stereocenters. The molecule has 16 heavy (non-hydrogen) atoms. The molecule has 0 aromatic rings. The lowest BCUT2D eigenvalue weighted by Crippen LogP contribution is -2.44. The van der Waals surface area contributed by atoms with Crippen molar-refractivity contribution in [2.45, 2.75) is 18.9 Å². The van der Waals surface area contributed by atoms with Crippen molar-refractivity contribution in [3.63, 3.8) is 0 Å². The van der Waals surface area contributed by atoms with Gasteiger partial charge in [0, 0.05) is 6.61 Å². The van der Waals surface area contributed by atoms with Crippen LogP contribution in [-0.4, -0.2) is 47.3 Å². The SMILES string of the molecule is O=C(O)C[C@H](NC(=O)[C@H]1CCOC1)C(=O)O. The molecule has 1 aliphatic rings. The minimum absolute atomic E-state index is 0.255. The zero-order chi connectivity index (χ0) is 12.1. The first-order chi connectivity index (χ1) is 7.50. The molecular formula is C9H13NO6. The van der Waals surface area contributed by atoms with Crippen molar-refractivity contribution in [2.24, 2.45) is 5.92 Å². The molecule has 1 saturated heterocycles. The van der Waals surface area contributed by atoms with Crippen LogP contribution in [0.15, 0.2) is 0 Å². The van der Waals surface area contributed by atoms with E-state index in [1.165, 1.54) is 0 Å². The molecule has 0 bridgehead atoms. The highest BCUT2D eigenvalue weighted by Crippen LogP contribution is 2.12. The number of nitrogens with one attached hydrogen (secondary N) is 1. The molecule has 1 fully saturated rings. The molecule has 0 saturated carbocycles. The predicted octanol–water partition coefficient (Wildman–Crippen LogP) is -0.933. The molecule has 7 heteroatoms. The summed E-state index contributed by atoms with van der Waals surface area (Å²) in [6, 6.07) is -1.38. The van der Waals surface area contributed by atoms with E-state index < -0.39 is 30.3 Å². The van der Waals surface area contributed by atoms with Gasteiger partial charge in [-0.3, -0.25) is 9.59 Å². The first-order valence-corrected chi connectivity index (χ1v) is 4.83. The first-order valence-electron chi connectivity index (χ1n) is 4.83. The van der Waals surface area contributed by atoms with Crippen molar-refractivity contribution in [2.75, 3.05) is 13.2 Å². The quantitative estimate of drug-likeness (QED) is 0.563. The van der Waals surface area contributed by atoms with E-state index >= 15 is 0 Å². The molecule has 1 heterocycles. The van der Waals surface area contributed by atoms with Crippen LogP contribution in [0.1, 0.15) is 12.8 Å². The fourth-order valence-electron chi connectivity index (χ4n) is 1.41. The molecule has 0 aromatic heterocycles. The fourth-order valence-corrected chi connectivity index (χ4v) is 1.41. The molecule has 1 aliphatic heterocycles. The van der Waals surface area contributed by atoms with Crippen LogP contribution < -0.4 is 5.32 Å². The van der Waals surface area contributed by atoms with Gasteiger partial charge in [0.05, 0.1) is 18.9 Å². The third-order valence-electron chi connectivity index (χ3n) is 2.29. The van der Waals surface area contributed by atoms with E-state index in [0.29, 0.717) is 13.0 Å². The van der Waals surface area contributed by atoms with Crippen LogP contribution in [0, 0.1) is 5.92 Å². The van der Waals surface area contributed by atoms with Gasteiger partial charge in [0.1, 0.15) is 6.04 Å². The van der Waals surface area contributed by atoms with Gasteiger partial charge in [0.25, 0.3) is 0 Å². The summed E-state index contributed by atoms with van der Waals surface area (Å²) < 4.78 is 4.98. The molecular weight excluding hydrogens is 218 g/mol. The Hall–Kier alpha value is -1.63. The third kappa shape index (κ3) is 3.50. The summed E-state index contributed by atoms with van der Waals surface area (Å²) in [4.78, 5) is 32.5. The largest absolute Gasteiger partial charge is 0.481 e. The maximum atomic E-state index is 11.5. The van der Waals surface area contributed by atoms with Gasteiger partial charge < -0.3 is 20.3 Å². The van der Waals surface area contributed by atoms with Gasteiger partial charge in [-0.2, -0.15) is 0 Å². The molecule has 1 amide bonds. The fraction of sp³-hybridized carbons (Fsp3) is 0.667. The number of amides is 1. The molecule has 1 rings (SSSR count). The van der Waals surface area contributed by atoms with Crippen molar-refractivity contribution in [1.29, 1.82) is 0 Å². The Morgan fingerprint density at radius 2 is 2.06 bits per heavy atom. The zero-order valence-corrected chi connectivity index (χ0v) is 8.51. The van der Waals surface area contributed by atoms with Gasteiger partial charge in [-0.25, -0.2) is 4.79 Å². The van der Waals surface area contributed by atoms with E-state index in [9.17, 15) is 14.4 Å². The van der Waals surface area contributed by atoms with Gasteiger partial charge in [-0.05, 0) is 6.42 Å². The van der Waals surface area contributed by atoms with E-state index in [2.05, 4.69) is 5.32 Å².